The van der Waals surface area contributed by atoms with Gasteiger partial charge in [-0.1, -0.05) is 6.07 Å². The highest BCUT2D eigenvalue weighted by atomic mass is 16.5. The van der Waals surface area contributed by atoms with E-state index in [4.69, 9.17) is 4.74 Å². The minimum Gasteiger partial charge on any atom is -0.497 e. The number of carbonyl (C=O) groups is 1. The van der Waals surface area contributed by atoms with Crippen LogP contribution in [0.4, 0.5) is 0 Å². The number of nitrogens with zero attached hydrogens (tertiary/aromatic N) is 5. The molecule has 2 heterocycles. The number of ether oxygens (including phenoxy) is 1. The zero-order chi connectivity index (χ0) is 15.5. The van der Waals surface area contributed by atoms with E-state index in [1.807, 2.05) is 30.1 Å². The molecule has 1 unspecified atom stereocenters. The Kier molecular flexibility index (Phi) is 4.04. The van der Waals surface area contributed by atoms with E-state index in [1.54, 1.807) is 17.9 Å². The maximum Gasteiger partial charge on any atom is 0.254 e. The smallest absolute Gasteiger partial charge is 0.254 e. The van der Waals surface area contributed by atoms with Crippen molar-refractivity contribution in [3.05, 3.63) is 35.7 Å². The number of likely N-dealkylation sites (tertiary alicyclic amines) is 1. The number of amides is 1. The molecule has 1 amide bonds. The molecule has 7 nitrogen and oxygen atoms in total. The van der Waals surface area contributed by atoms with Gasteiger partial charge in [-0.3, -0.25) is 4.79 Å². The van der Waals surface area contributed by atoms with Gasteiger partial charge in [-0.25, -0.2) is 4.68 Å². The highest BCUT2D eigenvalue weighted by Crippen LogP contribution is 2.26. The number of benzene rings is 1. The number of aryl methyl sites for hydroxylation is 1. The molecule has 0 spiro atoms. The Hall–Kier alpha value is -2.44. The van der Waals surface area contributed by atoms with Gasteiger partial charge in [0.1, 0.15) is 5.75 Å². The fourth-order valence-corrected chi connectivity index (χ4v) is 2.89. The number of hydrogen-bond acceptors (Lipinski definition) is 5. The fraction of sp³-hybridized carbons (Fsp3) is 0.467. The summed E-state index contributed by atoms with van der Waals surface area (Å²) >= 11 is 0. The van der Waals surface area contributed by atoms with Crippen molar-refractivity contribution in [2.45, 2.75) is 18.8 Å². The van der Waals surface area contributed by atoms with Crippen LogP contribution >= 0.6 is 0 Å². The lowest BCUT2D eigenvalue weighted by Crippen LogP contribution is -2.39. The minimum absolute atomic E-state index is 0.0266. The van der Waals surface area contributed by atoms with Crippen LogP contribution in [0, 0.1) is 0 Å². The Bertz CT molecular complexity index is 669. The minimum atomic E-state index is 0.0266. The van der Waals surface area contributed by atoms with E-state index in [1.165, 1.54) is 0 Å². The molecule has 1 fully saturated rings. The summed E-state index contributed by atoms with van der Waals surface area (Å²) in [7, 11) is 3.43. The summed E-state index contributed by atoms with van der Waals surface area (Å²) in [6.07, 6.45) is 1.95. The summed E-state index contributed by atoms with van der Waals surface area (Å²) in [4.78, 5) is 14.6. The molecule has 0 radical (unpaired) electrons. The Morgan fingerprint density at radius 3 is 3.00 bits per heavy atom. The van der Waals surface area contributed by atoms with Gasteiger partial charge in [-0.15, -0.1) is 5.10 Å². The van der Waals surface area contributed by atoms with Gasteiger partial charge in [-0.05, 0) is 41.5 Å². The lowest BCUT2D eigenvalue weighted by atomic mass is 9.96. The van der Waals surface area contributed by atoms with Gasteiger partial charge >= 0.3 is 0 Å². The van der Waals surface area contributed by atoms with E-state index in [2.05, 4.69) is 15.5 Å². The molecule has 0 N–H and O–H groups in total. The Labute approximate surface area is 128 Å². The maximum atomic E-state index is 12.7. The maximum absolute atomic E-state index is 12.7. The number of carbonyl (C=O) groups excluding carboxylic acids is 1. The van der Waals surface area contributed by atoms with Crippen LogP contribution in [0.2, 0.25) is 0 Å². The van der Waals surface area contributed by atoms with E-state index in [9.17, 15) is 4.79 Å². The standard InChI is InChI=1S/C15H19N5O2/c1-19-14(16-17-18-19)12-6-4-8-20(10-12)15(21)11-5-3-7-13(9-11)22-2/h3,5,7,9,12H,4,6,8,10H2,1-2H3. The van der Waals surface area contributed by atoms with Crippen molar-refractivity contribution in [3.8, 4) is 5.75 Å². The molecule has 22 heavy (non-hydrogen) atoms. The first kappa shape index (κ1) is 14.5. The number of piperidine rings is 1. The Morgan fingerprint density at radius 2 is 2.27 bits per heavy atom. The first-order chi connectivity index (χ1) is 10.7. The van der Waals surface area contributed by atoms with E-state index in [0.717, 1.165) is 25.2 Å². The topological polar surface area (TPSA) is 73.1 Å². The largest absolute Gasteiger partial charge is 0.497 e. The summed E-state index contributed by atoms with van der Waals surface area (Å²) in [5, 5.41) is 11.6. The van der Waals surface area contributed by atoms with E-state index < -0.39 is 0 Å². The summed E-state index contributed by atoms with van der Waals surface area (Å²) in [6.45, 7) is 1.40. The van der Waals surface area contributed by atoms with Crippen molar-refractivity contribution >= 4 is 5.91 Å². The Morgan fingerprint density at radius 1 is 1.41 bits per heavy atom. The fourth-order valence-electron chi connectivity index (χ4n) is 2.89. The lowest BCUT2D eigenvalue weighted by Gasteiger charge is -2.32. The van der Waals surface area contributed by atoms with Crippen molar-refractivity contribution in [1.29, 1.82) is 0 Å². The lowest BCUT2D eigenvalue weighted by molar-refractivity contribution is 0.0703. The summed E-state index contributed by atoms with van der Waals surface area (Å²) in [6, 6.07) is 7.26. The number of methoxy groups -OCH3 is 1. The average molecular weight is 301 g/mol. The van der Waals surface area contributed by atoms with Crippen LogP contribution in [0.5, 0.6) is 5.75 Å². The monoisotopic (exact) mass is 301 g/mol. The molecule has 0 aliphatic carbocycles. The number of hydrogen-bond donors (Lipinski definition) is 0. The van der Waals surface area contributed by atoms with Gasteiger partial charge < -0.3 is 9.64 Å². The average Bonchev–Trinajstić information content (AvgIpc) is 3.00. The zero-order valence-corrected chi connectivity index (χ0v) is 12.8. The summed E-state index contributed by atoms with van der Waals surface area (Å²) < 4.78 is 6.87. The van der Waals surface area contributed by atoms with E-state index >= 15 is 0 Å². The number of aromatic nitrogens is 4. The van der Waals surface area contributed by atoms with Gasteiger partial charge in [0.25, 0.3) is 5.91 Å². The molecule has 1 atom stereocenters. The first-order valence-electron chi connectivity index (χ1n) is 7.34. The second kappa shape index (κ2) is 6.13. The van der Waals surface area contributed by atoms with Crippen LogP contribution in [0.3, 0.4) is 0 Å². The van der Waals surface area contributed by atoms with Crippen LogP contribution in [-0.2, 0) is 7.05 Å². The van der Waals surface area contributed by atoms with Crippen molar-refractivity contribution < 1.29 is 9.53 Å². The quantitative estimate of drug-likeness (QED) is 0.853. The van der Waals surface area contributed by atoms with Gasteiger partial charge in [0, 0.05) is 31.6 Å². The first-order valence-corrected chi connectivity index (χ1v) is 7.34. The SMILES string of the molecule is COc1cccc(C(=O)N2CCCC(c3nnnn3C)C2)c1. The number of tetrazole rings is 1. The normalized spacial score (nSPS) is 18.3. The highest BCUT2D eigenvalue weighted by molar-refractivity contribution is 5.94. The van der Waals surface area contributed by atoms with E-state index in [0.29, 0.717) is 17.9 Å². The van der Waals surface area contributed by atoms with Crippen LogP contribution in [0.25, 0.3) is 0 Å². The van der Waals surface area contributed by atoms with Gasteiger partial charge in [0.05, 0.1) is 7.11 Å². The second-order valence-electron chi connectivity index (χ2n) is 5.48. The van der Waals surface area contributed by atoms with Crippen molar-refractivity contribution in [2.24, 2.45) is 7.05 Å². The molecule has 3 rings (SSSR count). The second-order valence-corrected chi connectivity index (χ2v) is 5.48. The van der Waals surface area contributed by atoms with Crippen molar-refractivity contribution in [1.82, 2.24) is 25.1 Å². The molecule has 116 valence electrons. The summed E-state index contributed by atoms with van der Waals surface area (Å²) in [5.74, 6) is 1.74. The third kappa shape index (κ3) is 2.79. The molecule has 1 aliphatic heterocycles. The summed E-state index contributed by atoms with van der Waals surface area (Å²) in [5.41, 5.74) is 0.649. The van der Waals surface area contributed by atoms with Crippen LogP contribution in [0.1, 0.15) is 34.9 Å². The van der Waals surface area contributed by atoms with Gasteiger partial charge in [-0.2, -0.15) is 0 Å². The molecule has 1 aromatic carbocycles. The number of rotatable bonds is 3. The third-order valence-electron chi connectivity index (χ3n) is 4.04. The molecular formula is C15H19N5O2. The molecule has 1 aromatic heterocycles. The highest BCUT2D eigenvalue weighted by Gasteiger charge is 2.28. The van der Waals surface area contributed by atoms with Crippen LogP contribution in [-0.4, -0.2) is 51.2 Å². The van der Waals surface area contributed by atoms with Crippen molar-refractivity contribution in [3.63, 3.8) is 0 Å². The zero-order valence-electron chi connectivity index (χ0n) is 12.8. The predicted octanol–water partition coefficient (Wildman–Crippen LogP) is 1.24. The van der Waals surface area contributed by atoms with Crippen LogP contribution < -0.4 is 4.74 Å². The molecule has 0 bridgehead atoms. The molecule has 0 saturated carbocycles. The van der Waals surface area contributed by atoms with Crippen molar-refractivity contribution in [2.75, 3.05) is 20.2 Å². The molecular weight excluding hydrogens is 282 g/mol. The predicted molar refractivity (Wildman–Crippen MR) is 79.7 cm³/mol. The Balaban J connectivity index is 1.76. The molecule has 7 heteroatoms. The molecule has 1 aliphatic rings. The van der Waals surface area contributed by atoms with Gasteiger partial charge in [0.2, 0.25) is 0 Å². The third-order valence-corrected chi connectivity index (χ3v) is 4.04. The van der Waals surface area contributed by atoms with Crippen LogP contribution in [0.15, 0.2) is 24.3 Å². The molecule has 2 aromatic rings. The van der Waals surface area contributed by atoms with Gasteiger partial charge in [0.15, 0.2) is 5.82 Å². The van der Waals surface area contributed by atoms with E-state index in [-0.39, 0.29) is 11.8 Å². The molecule has 1 saturated heterocycles.